The number of anilines is 1. The number of rotatable bonds is 3. The molecule has 0 aliphatic heterocycles. The molecule has 1 atom stereocenters. The molecular weight excluding hydrogens is 222 g/mol. The summed E-state index contributed by atoms with van der Waals surface area (Å²) >= 11 is 5.89. The normalized spacial score (nSPS) is 16.7. The van der Waals surface area contributed by atoms with Gasteiger partial charge in [0.2, 0.25) is 0 Å². The average Bonchev–Trinajstić information content (AvgIpc) is 2.36. The molecule has 88 valence electrons. The van der Waals surface area contributed by atoms with Gasteiger partial charge < -0.3 is 4.90 Å². The SMILES string of the molecule is CC(CCl)N(C)c1ncnc2c1CCCC2. The molecule has 0 bridgehead atoms. The molecule has 0 saturated carbocycles. The molecule has 2 rings (SSSR count). The van der Waals surface area contributed by atoms with Crippen molar-refractivity contribution in [2.24, 2.45) is 0 Å². The number of aryl methyl sites for hydroxylation is 1. The van der Waals surface area contributed by atoms with Crippen LogP contribution in [0.15, 0.2) is 6.33 Å². The lowest BCUT2D eigenvalue weighted by molar-refractivity contribution is 0.650. The van der Waals surface area contributed by atoms with Crippen molar-refractivity contribution in [3.05, 3.63) is 17.6 Å². The molecule has 0 radical (unpaired) electrons. The topological polar surface area (TPSA) is 29.0 Å². The van der Waals surface area contributed by atoms with Crippen LogP contribution in [-0.4, -0.2) is 28.9 Å². The van der Waals surface area contributed by atoms with Gasteiger partial charge in [0.1, 0.15) is 12.1 Å². The molecule has 4 heteroatoms. The van der Waals surface area contributed by atoms with Gasteiger partial charge in [0.25, 0.3) is 0 Å². The molecule has 3 nitrogen and oxygen atoms in total. The van der Waals surface area contributed by atoms with E-state index in [0.29, 0.717) is 11.9 Å². The molecule has 0 saturated heterocycles. The van der Waals surface area contributed by atoms with E-state index in [0.717, 1.165) is 18.7 Å². The molecule has 0 N–H and O–H groups in total. The second-order valence-corrected chi connectivity index (χ2v) is 4.75. The van der Waals surface area contributed by atoms with Crippen molar-refractivity contribution in [2.45, 2.75) is 38.6 Å². The van der Waals surface area contributed by atoms with Gasteiger partial charge in [-0.25, -0.2) is 9.97 Å². The maximum absolute atomic E-state index is 5.89. The highest BCUT2D eigenvalue weighted by molar-refractivity contribution is 6.18. The highest BCUT2D eigenvalue weighted by Gasteiger charge is 2.19. The summed E-state index contributed by atoms with van der Waals surface area (Å²) in [5, 5.41) is 0. The molecular formula is C12H18ClN3. The fourth-order valence-corrected chi connectivity index (χ4v) is 2.33. The van der Waals surface area contributed by atoms with Crippen molar-refractivity contribution in [1.82, 2.24) is 9.97 Å². The van der Waals surface area contributed by atoms with Gasteiger partial charge in [-0.05, 0) is 32.6 Å². The quantitative estimate of drug-likeness (QED) is 0.759. The van der Waals surface area contributed by atoms with Crippen LogP contribution in [0, 0.1) is 0 Å². The summed E-state index contributed by atoms with van der Waals surface area (Å²) in [4.78, 5) is 11.0. The zero-order chi connectivity index (χ0) is 11.5. The van der Waals surface area contributed by atoms with E-state index in [2.05, 4.69) is 28.8 Å². The number of hydrogen-bond donors (Lipinski definition) is 0. The summed E-state index contributed by atoms with van der Waals surface area (Å²) in [5.41, 5.74) is 2.55. The Morgan fingerprint density at radius 2 is 2.12 bits per heavy atom. The number of aromatic nitrogens is 2. The largest absolute Gasteiger partial charge is 0.355 e. The molecule has 1 aliphatic rings. The lowest BCUT2D eigenvalue weighted by Crippen LogP contribution is -2.32. The minimum absolute atomic E-state index is 0.308. The average molecular weight is 240 g/mol. The first-order chi connectivity index (χ1) is 7.74. The van der Waals surface area contributed by atoms with E-state index in [1.54, 1.807) is 6.33 Å². The van der Waals surface area contributed by atoms with Crippen molar-refractivity contribution >= 4 is 17.4 Å². The summed E-state index contributed by atoms with van der Waals surface area (Å²) in [5.74, 6) is 1.69. The van der Waals surface area contributed by atoms with Gasteiger partial charge in [-0.3, -0.25) is 0 Å². The monoisotopic (exact) mass is 239 g/mol. The fourth-order valence-electron chi connectivity index (χ4n) is 2.12. The van der Waals surface area contributed by atoms with Gasteiger partial charge in [-0.15, -0.1) is 11.6 Å². The van der Waals surface area contributed by atoms with Crippen LogP contribution in [0.1, 0.15) is 31.0 Å². The molecule has 1 unspecified atom stereocenters. The van der Waals surface area contributed by atoms with Crippen molar-refractivity contribution in [1.29, 1.82) is 0 Å². The third-order valence-electron chi connectivity index (χ3n) is 3.32. The smallest absolute Gasteiger partial charge is 0.135 e. The van der Waals surface area contributed by atoms with Crippen LogP contribution >= 0.6 is 11.6 Å². The second-order valence-electron chi connectivity index (χ2n) is 4.44. The summed E-state index contributed by atoms with van der Waals surface area (Å²) in [6.45, 7) is 2.12. The van der Waals surface area contributed by atoms with Gasteiger partial charge in [0.15, 0.2) is 0 Å². The second kappa shape index (κ2) is 5.00. The first-order valence-corrected chi connectivity index (χ1v) is 6.39. The lowest BCUT2D eigenvalue weighted by atomic mass is 9.96. The molecule has 0 fully saturated rings. The molecule has 1 heterocycles. The van der Waals surface area contributed by atoms with Crippen LogP contribution in [0.5, 0.6) is 0 Å². The van der Waals surface area contributed by atoms with Crippen LogP contribution in [0.25, 0.3) is 0 Å². The predicted octanol–water partition coefficient (Wildman–Crippen LogP) is 2.42. The van der Waals surface area contributed by atoms with Crippen LogP contribution < -0.4 is 4.90 Å². The van der Waals surface area contributed by atoms with Crippen LogP contribution in [0.2, 0.25) is 0 Å². The minimum Gasteiger partial charge on any atom is -0.355 e. The maximum atomic E-state index is 5.89. The third-order valence-corrected chi connectivity index (χ3v) is 3.77. The van der Waals surface area contributed by atoms with Gasteiger partial charge >= 0.3 is 0 Å². The first kappa shape index (κ1) is 11.6. The Balaban J connectivity index is 2.33. The highest BCUT2D eigenvalue weighted by Crippen LogP contribution is 2.27. The van der Waals surface area contributed by atoms with Crippen molar-refractivity contribution in [3.8, 4) is 0 Å². The van der Waals surface area contributed by atoms with Crippen LogP contribution in [0.4, 0.5) is 5.82 Å². The Kier molecular flexibility index (Phi) is 3.64. The van der Waals surface area contributed by atoms with E-state index in [1.165, 1.54) is 24.1 Å². The number of hydrogen-bond acceptors (Lipinski definition) is 3. The summed E-state index contributed by atoms with van der Waals surface area (Å²) in [7, 11) is 2.06. The van der Waals surface area contributed by atoms with Crippen LogP contribution in [0.3, 0.4) is 0 Å². The molecule has 0 amide bonds. The maximum Gasteiger partial charge on any atom is 0.135 e. The molecule has 1 aromatic heterocycles. The van der Waals surface area contributed by atoms with Crippen molar-refractivity contribution in [3.63, 3.8) is 0 Å². The Bertz CT molecular complexity index is 367. The standard InChI is InChI=1S/C12H18ClN3/c1-9(7-13)16(2)12-10-5-3-4-6-11(10)14-8-15-12/h8-9H,3-7H2,1-2H3. The molecule has 0 aromatic carbocycles. The Hall–Kier alpha value is -0.830. The van der Waals surface area contributed by atoms with Gasteiger partial charge in [-0.1, -0.05) is 0 Å². The summed E-state index contributed by atoms with van der Waals surface area (Å²) in [6.07, 6.45) is 6.37. The van der Waals surface area contributed by atoms with Gasteiger partial charge in [0.05, 0.1) is 0 Å². The van der Waals surface area contributed by atoms with E-state index < -0.39 is 0 Å². The molecule has 1 aliphatic carbocycles. The van der Waals surface area contributed by atoms with Crippen LogP contribution in [-0.2, 0) is 12.8 Å². The minimum atomic E-state index is 0.308. The fraction of sp³-hybridized carbons (Fsp3) is 0.667. The Morgan fingerprint density at radius 1 is 1.38 bits per heavy atom. The van der Waals surface area contributed by atoms with E-state index in [9.17, 15) is 0 Å². The van der Waals surface area contributed by atoms with E-state index in [1.807, 2.05) is 0 Å². The number of alkyl halides is 1. The summed E-state index contributed by atoms with van der Waals surface area (Å²) in [6, 6.07) is 0.308. The highest BCUT2D eigenvalue weighted by atomic mass is 35.5. The van der Waals surface area contributed by atoms with Crippen molar-refractivity contribution < 1.29 is 0 Å². The van der Waals surface area contributed by atoms with E-state index >= 15 is 0 Å². The summed E-state index contributed by atoms with van der Waals surface area (Å²) < 4.78 is 0. The van der Waals surface area contributed by atoms with Gasteiger partial charge in [-0.2, -0.15) is 0 Å². The van der Waals surface area contributed by atoms with E-state index in [-0.39, 0.29) is 0 Å². The predicted molar refractivity (Wildman–Crippen MR) is 67.3 cm³/mol. The number of fused-ring (bicyclic) bond motifs is 1. The lowest BCUT2D eigenvalue weighted by Gasteiger charge is -2.28. The third kappa shape index (κ3) is 2.14. The first-order valence-electron chi connectivity index (χ1n) is 5.85. The Labute approximate surface area is 102 Å². The Morgan fingerprint density at radius 3 is 2.88 bits per heavy atom. The zero-order valence-electron chi connectivity index (χ0n) is 9.91. The van der Waals surface area contributed by atoms with Crippen molar-refractivity contribution in [2.75, 3.05) is 17.8 Å². The number of nitrogens with zero attached hydrogens (tertiary/aromatic N) is 3. The molecule has 16 heavy (non-hydrogen) atoms. The number of halogens is 1. The van der Waals surface area contributed by atoms with E-state index in [4.69, 9.17) is 11.6 Å². The van der Waals surface area contributed by atoms with Gasteiger partial charge in [0, 0.05) is 30.2 Å². The zero-order valence-corrected chi connectivity index (χ0v) is 10.7. The molecule has 0 spiro atoms. The molecule has 1 aromatic rings.